The van der Waals surface area contributed by atoms with E-state index >= 15 is 0 Å². The predicted molar refractivity (Wildman–Crippen MR) is 103 cm³/mol. The summed E-state index contributed by atoms with van der Waals surface area (Å²) in [6.07, 6.45) is -8.36. The summed E-state index contributed by atoms with van der Waals surface area (Å²) < 4.78 is 64.6. The van der Waals surface area contributed by atoms with Crippen molar-refractivity contribution in [2.45, 2.75) is 34.2 Å². The Balaban J connectivity index is 2.43. The minimum atomic E-state index is -4.97. The average Bonchev–Trinajstić information content (AvgIpc) is 2.68. The van der Waals surface area contributed by atoms with Gasteiger partial charge in [-0.05, 0) is 29.7 Å². The van der Waals surface area contributed by atoms with Crippen molar-refractivity contribution in [2.75, 3.05) is 11.9 Å². The zero-order valence-corrected chi connectivity index (χ0v) is 17.0. The Labute approximate surface area is 175 Å². The van der Waals surface area contributed by atoms with E-state index < -0.39 is 67.0 Å². The van der Waals surface area contributed by atoms with Crippen LogP contribution in [0.2, 0.25) is 0 Å². The van der Waals surface area contributed by atoms with Crippen molar-refractivity contribution in [3.63, 3.8) is 0 Å². The lowest BCUT2D eigenvalue weighted by Gasteiger charge is -2.25. The highest BCUT2D eigenvalue weighted by Crippen LogP contribution is 2.29. The molecule has 172 valence electrons. The minimum absolute atomic E-state index is 0.0529. The third-order valence-corrected chi connectivity index (χ3v) is 5.98. The van der Waals surface area contributed by atoms with Gasteiger partial charge in [0.25, 0.3) is 26.1 Å². The number of hydrogen-bond donors (Lipinski definition) is 8. The molecule has 0 spiro atoms. The molecule has 13 nitrogen and oxygen atoms in total. The normalized spacial score (nSPS) is 16.5. The molecule has 1 amide bonds. The zero-order valence-electron chi connectivity index (χ0n) is 15.4. The molecule has 2 rings (SSSR count). The molecule has 0 radical (unpaired) electrons. The summed E-state index contributed by atoms with van der Waals surface area (Å²) in [5.41, 5.74) is -0.162. The van der Waals surface area contributed by atoms with Crippen LogP contribution in [-0.4, -0.2) is 88.4 Å². The Hall–Kier alpha value is -2.21. The number of rotatable bonds is 8. The topological polar surface area (TPSA) is 239 Å². The number of aliphatic hydroxyl groups excluding tert-OH is 5. The maximum atomic E-state index is 12.1. The highest BCUT2D eigenvalue weighted by atomic mass is 32.2. The van der Waals surface area contributed by atoms with E-state index in [0.29, 0.717) is 6.07 Å². The van der Waals surface area contributed by atoms with Crippen LogP contribution in [0.4, 0.5) is 5.69 Å². The molecule has 2 aromatic rings. The molecule has 0 aliphatic carbocycles. The van der Waals surface area contributed by atoms with Crippen LogP contribution in [0.5, 0.6) is 0 Å². The number of amides is 1. The molecule has 4 unspecified atom stereocenters. The Morgan fingerprint density at radius 3 is 2.03 bits per heavy atom. The fourth-order valence-electron chi connectivity index (χ4n) is 2.63. The summed E-state index contributed by atoms with van der Waals surface area (Å²) in [6, 6.07) is 4.71. The van der Waals surface area contributed by atoms with Crippen LogP contribution < -0.4 is 5.32 Å². The van der Waals surface area contributed by atoms with Gasteiger partial charge in [-0.3, -0.25) is 13.9 Å². The van der Waals surface area contributed by atoms with Crippen molar-refractivity contribution in [1.29, 1.82) is 0 Å². The van der Waals surface area contributed by atoms with Gasteiger partial charge in [-0.25, -0.2) is 0 Å². The second-order valence-corrected chi connectivity index (χ2v) is 9.28. The van der Waals surface area contributed by atoms with E-state index in [1.54, 1.807) is 0 Å². The second-order valence-electron chi connectivity index (χ2n) is 6.47. The second kappa shape index (κ2) is 9.11. The van der Waals surface area contributed by atoms with E-state index in [1.165, 1.54) is 0 Å². The highest BCUT2D eigenvalue weighted by Gasteiger charge is 2.34. The number of anilines is 1. The Kier molecular flexibility index (Phi) is 7.36. The van der Waals surface area contributed by atoms with Gasteiger partial charge < -0.3 is 30.8 Å². The maximum absolute atomic E-state index is 12.1. The van der Waals surface area contributed by atoms with Gasteiger partial charge in [0.2, 0.25) is 0 Å². The Morgan fingerprint density at radius 1 is 0.903 bits per heavy atom. The molecule has 0 aliphatic heterocycles. The van der Waals surface area contributed by atoms with E-state index in [0.717, 1.165) is 24.3 Å². The first-order valence-electron chi connectivity index (χ1n) is 8.33. The number of carbonyl (C=O) groups excluding carboxylic acids is 1. The molecule has 0 aliphatic rings. The van der Waals surface area contributed by atoms with Crippen LogP contribution in [0, 0.1) is 0 Å². The lowest BCUT2D eigenvalue weighted by molar-refractivity contribution is -0.144. The fourth-order valence-corrected chi connectivity index (χ4v) is 3.98. The van der Waals surface area contributed by atoms with Crippen molar-refractivity contribution in [3.8, 4) is 0 Å². The van der Waals surface area contributed by atoms with Gasteiger partial charge >= 0.3 is 0 Å². The van der Waals surface area contributed by atoms with Crippen LogP contribution in [0.15, 0.2) is 40.1 Å². The summed E-state index contributed by atoms with van der Waals surface area (Å²) >= 11 is 0. The molecule has 31 heavy (non-hydrogen) atoms. The zero-order chi connectivity index (χ0) is 23.7. The molecular formula is C16H19NO12S2. The van der Waals surface area contributed by atoms with Crippen molar-refractivity contribution in [2.24, 2.45) is 0 Å². The van der Waals surface area contributed by atoms with Crippen molar-refractivity contribution >= 4 is 42.6 Å². The predicted octanol–water partition coefficient (Wildman–Crippen LogP) is -2.29. The van der Waals surface area contributed by atoms with Gasteiger partial charge in [-0.2, -0.15) is 16.8 Å². The third kappa shape index (κ3) is 5.73. The average molecular weight is 481 g/mol. The molecule has 0 saturated heterocycles. The van der Waals surface area contributed by atoms with Gasteiger partial charge in [-0.15, -0.1) is 0 Å². The number of fused-ring (bicyclic) bond motifs is 1. The third-order valence-electron chi connectivity index (χ3n) is 4.26. The van der Waals surface area contributed by atoms with Crippen LogP contribution in [0.25, 0.3) is 10.8 Å². The van der Waals surface area contributed by atoms with E-state index in [1.807, 2.05) is 0 Å². The van der Waals surface area contributed by atoms with Gasteiger partial charge in [0, 0.05) is 11.1 Å². The highest BCUT2D eigenvalue weighted by molar-refractivity contribution is 7.86. The van der Waals surface area contributed by atoms with E-state index in [9.17, 15) is 46.6 Å². The first kappa shape index (κ1) is 25.1. The lowest BCUT2D eigenvalue weighted by Crippen LogP contribution is -2.50. The number of hydrogen-bond acceptors (Lipinski definition) is 10. The smallest absolute Gasteiger partial charge is 0.295 e. The van der Waals surface area contributed by atoms with Crippen molar-refractivity contribution < 1.29 is 56.3 Å². The maximum Gasteiger partial charge on any atom is 0.295 e. The lowest BCUT2D eigenvalue weighted by atomic mass is 10.0. The molecule has 2 aromatic carbocycles. The Morgan fingerprint density at radius 2 is 1.52 bits per heavy atom. The Bertz CT molecular complexity index is 1190. The van der Waals surface area contributed by atoms with Gasteiger partial charge in [0.1, 0.15) is 23.2 Å². The van der Waals surface area contributed by atoms with Crippen molar-refractivity contribution in [1.82, 2.24) is 0 Å². The molecule has 0 aromatic heterocycles. The molecule has 8 N–H and O–H groups in total. The molecule has 0 heterocycles. The van der Waals surface area contributed by atoms with Crippen LogP contribution >= 0.6 is 0 Å². The van der Waals surface area contributed by atoms with E-state index in [2.05, 4.69) is 5.32 Å². The molecule has 15 heteroatoms. The summed E-state index contributed by atoms with van der Waals surface area (Å²) in [7, 11) is -9.79. The summed E-state index contributed by atoms with van der Waals surface area (Å²) in [4.78, 5) is 10.4. The number of carbonyl (C=O) groups is 1. The molecule has 4 atom stereocenters. The summed E-state index contributed by atoms with van der Waals surface area (Å²) in [5, 5.41) is 49.0. The van der Waals surface area contributed by atoms with Crippen molar-refractivity contribution in [3.05, 3.63) is 30.3 Å². The van der Waals surface area contributed by atoms with Crippen LogP contribution in [0.3, 0.4) is 0 Å². The number of nitrogens with one attached hydrogen (secondary N) is 1. The minimum Gasteiger partial charge on any atom is -0.394 e. The van der Waals surface area contributed by atoms with Crippen LogP contribution in [0.1, 0.15) is 0 Å². The first-order valence-corrected chi connectivity index (χ1v) is 11.2. The molecule has 0 fully saturated rings. The van der Waals surface area contributed by atoms with Gasteiger partial charge in [0.05, 0.1) is 11.5 Å². The van der Waals surface area contributed by atoms with Gasteiger partial charge in [0.15, 0.2) is 6.10 Å². The number of aliphatic hydroxyl groups is 5. The fraction of sp³-hybridized carbons (Fsp3) is 0.312. The number of benzene rings is 2. The standard InChI is InChI=1S/C16H19NO12S2/c18-6-11(19)13(20)14(21)15(22)16(23)17-8-2-1-7-3-9(30(24,25)26)5-12(10(7)4-8)31(27,28)29/h1-5,11,13-15,18-22H,6H2,(H,17,23)(H,24,25,26)(H,27,28,29). The van der Waals surface area contributed by atoms with E-state index in [4.69, 9.17) is 9.66 Å². The van der Waals surface area contributed by atoms with Crippen LogP contribution in [-0.2, 0) is 25.0 Å². The monoisotopic (exact) mass is 481 g/mol. The summed E-state index contributed by atoms with van der Waals surface area (Å²) in [6.45, 7) is -0.957. The molecular weight excluding hydrogens is 462 g/mol. The van der Waals surface area contributed by atoms with E-state index in [-0.39, 0.29) is 16.5 Å². The SMILES string of the molecule is O=C(Nc1ccc2cc(S(=O)(=O)O)cc(S(=O)(=O)O)c2c1)C(O)C(O)C(O)C(O)CO. The molecule has 0 saturated carbocycles. The van der Waals surface area contributed by atoms with Gasteiger partial charge in [-0.1, -0.05) is 6.07 Å². The summed E-state index contributed by atoms with van der Waals surface area (Å²) in [5.74, 6) is -1.28. The molecule has 0 bridgehead atoms. The first-order chi connectivity index (χ1) is 14.2. The largest absolute Gasteiger partial charge is 0.394 e. The quantitative estimate of drug-likeness (QED) is 0.186.